The van der Waals surface area contributed by atoms with E-state index in [1.165, 1.54) is 0 Å². The number of ether oxygens (including phenoxy) is 1. The Hall–Kier alpha value is -3.32. The summed E-state index contributed by atoms with van der Waals surface area (Å²) in [4.78, 5) is 26.0. The van der Waals surface area contributed by atoms with Crippen LogP contribution in [0.3, 0.4) is 0 Å². The minimum absolute atomic E-state index is 0.151. The van der Waals surface area contributed by atoms with Gasteiger partial charge in [0.05, 0.1) is 30.0 Å². The standard InChI is InChI=1S/C22H23N5O2/c1-22(2,3)29-13-11-19(28)26-21-25-18-10-9-17(15-6-5-12-23-14-15)24-20(18)27(21)16-7-4-8-16/h4-10,12,14H,11,13H2,1-3H3,(H,25,26,28). The van der Waals surface area contributed by atoms with E-state index in [1.807, 2.05) is 67.8 Å². The third kappa shape index (κ3) is 4.25. The molecule has 7 heteroatoms. The fourth-order valence-corrected chi connectivity index (χ4v) is 2.93. The molecule has 0 bridgehead atoms. The lowest BCUT2D eigenvalue weighted by Gasteiger charge is -2.19. The van der Waals surface area contributed by atoms with Crippen LogP contribution in [0.2, 0.25) is 0 Å². The number of nitrogens with zero attached hydrogens (tertiary/aromatic N) is 4. The number of carbonyl (C=O) groups excluding carboxylic acids is 1. The molecule has 1 N–H and O–H groups in total. The number of imidazole rings is 1. The number of anilines is 1. The zero-order valence-corrected chi connectivity index (χ0v) is 16.7. The van der Waals surface area contributed by atoms with E-state index in [1.54, 1.807) is 12.4 Å². The van der Waals surface area contributed by atoms with E-state index >= 15 is 0 Å². The van der Waals surface area contributed by atoms with Crippen LogP contribution < -0.4 is 5.32 Å². The Balaban J connectivity index is 1.63. The van der Waals surface area contributed by atoms with Gasteiger partial charge in [0.2, 0.25) is 11.9 Å². The smallest absolute Gasteiger partial charge is 0.229 e. The van der Waals surface area contributed by atoms with Crippen LogP contribution in [0, 0.1) is 0 Å². The molecule has 0 spiro atoms. The van der Waals surface area contributed by atoms with E-state index in [2.05, 4.69) is 15.3 Å². The Morgan fingerprint density at radius 2 is 2.03 bits per heavy atom. The normalized spacial score (nSPS) is 13.3. The molecular formula is C22H23N5O2. The van der Waals surface area contributed by atoms with Crippen molar-refractivity contribution in [2.24, 2.45) is 0 Å². The lowest BCUT2D eigenvalue weighted by molar-refractivity contribution is -0.118. The van der Waals surface area contributed by atoms with E-state index in [9.17, 15) is 4.79 Å². The van der Waals surface area contributed by atoms with Gasteiger partial charge in [-0.15, -0.1) is 0 Å². The summed E-state index contributed by atoms with van der Waals surface area (Å²) >= 11 is 0. The van der Waals surface area contributed by atoms with Crippen molar-refractivity contribution in [3.63, 3.8) is 0 Å². The average molecular weight is 389 g/mol. The third-order valence-corrected chi connectivity index (χ3v) is 4.37. The largest absolute Gasteiger partial charge is 0.375 e. The number of fused-ring (bicyclic) bond motifs is 1. The topological polar surface area (TPSA) is 81.9 Å². The first kappa shape index (κ1) is 19.0. The maximum Gasteiger partial charge on any atom is 0.229 e. The second-order valence-corrected chi connectivity index (χ2v) is 7.76. The highest BCUT2D eigenvalue weighted by molar-refractivity contribution is 5.94. The number of amides is 1. The fourth-order valence-electron chi connectivity index (χ4n) is 2.93. The van der Waals surface area contributed by atoms with Gasteiger partial charge in [-0.3, -0.25) is 19.7 Å². The molecule has 0 aromatic carbocycles. The van der Waals surface area contributed by atoms with Crippen molar-refractivity contribution in [2.45, 2.75) is 32.8 Å². The average Bonchev–Trinajstić information content (AvgIpc) is 2.97. The molecular weight excluding hydrogens is 366 g/mol. The van der Waals surface area contributed by atoms with Crippen LogP contribution in [0.5, 0.6) is 0 Å². The first-order chi connectivity index (χ1) is 13.9. The van der Waals surface area contributed by atoms with Crippen LogP contribution in [-0.4, -0.2) is 37.6 Å². The summed E-state index contributed by atoms with van der Waals surface area (Å²) in [5.41, 5.74) is 3.76. The Morgan fingerprint density at radius 1 is 1.21 bits per heavy atom. The lowest BCUT2D eigenvalue weighted by Crippen LogP contribution is -2.23. The van der Waals surface area contributed by atoms with Gasteiger partial charge in [0, 0.05) is 18.0 Å². The predicted molar refractivity (Wildman–Crippen MR) is 113 cm³/mol. The molecule has 7 nitrogen and oxygen atoms in total. The minimum atomic E-state index is -0.276. The highest BCUT2D eigenvalue weighted by atomic mass is 16.5. The van der Waals surface area contributed by atoms with Gasteiger partial charge in [-0.2, -0.15) is 0 Å². The molecule has 3 aromatic rings. The van der Waals surface area contributed by atoms with Crippen LogP contribution in [0.15, 0.2) is 54.9 Å². The molecule has 0 atom stereocenters. The number of hydrogen-bond donors (Lipinski definition) is 1. The molecule has 29 heavy (non-hydrogen) atoms. The summed E-state index contributed by atoms with van der Waals surface area (Å²) in [7, 11) is 0. The first-order valence-corrected chi connectivity index (χ1v) is 9.53. The number of pyridine rings is 2. The number of hydrogen-bond acceptors (Lipinski definition) is 5. The van der Waals surface area contributed by atoms with Crippen molar-refractivity contribution in [1.82, 2.24) is 19.5 Å². The third-order valence-electron chi connectivity index (χ3n) is 4.37. The van der Waals surface area contributed by atoms with Gasteiger partial charge in [0.1, 0.15) is 5.52 Å². The van der Waals surface area contributed by atoms with Crippen molar-refractivity contribution >= 4 is 28.7 Å². The number of allylic oxidation sites excluding steroid dienone is 4. The molecule has 0 aliphatic heterocycles. The molecule has 0 unspecified atom stereocenters. The van der Waals surface area contributed by atoms with Crippen LogP contribution in [-0.2, 0) is 9.53 Å². The van der Waals surface area contributed by atoms with E-state index < -0.39 is 0 Å². The highest BCUT2D eigenvalue weighted by Gasteiger charge is 2.19. The van der Waals surface area contributed by atoms with Gasteiger partial charge >= 0.3 is 0 Å². The summed E-state index contributed by atoms with van der Waals surface area (Å²) in [6, 6.07) is 7.65. The van der Waals surface area contributed by atoms with Crippen LogP contribution in [0.1, 0.15) is 27.2 Å². The van der Waals surface area contributed by atoms with E-state index in [0.29, 0.717) is 23.7 Å². The van der Waals surface area contributed by atoms with Crippen LogP contribution in [0.4, 0.5) is 5.95 Å². The summed E-state index contributed by atoms with van der Waals surface area (Å²) in [6.07, 6.45) is 9.61. The Labute approximate surface area is 169 Å². The maximum atomic E-state index is 12.4. The second-order valence-electron chi connectivity index (χ2n) is 7.76. The summed E-state index contributed by atoms with van der Waals surface area (Å²) in [5, 5.41) is 2.90. The molecule has 0 saturated heterocycles. The maximum absolute atomic E-state index is 12.4. The first-order valence-electron chi connectivity index (χ1n) is 9.53. The van der Waals surface area contributed by atoms with Crippen molar-refractivity contribution < 1.29 is 9.53 Å². The van der Waals surface area contributed by atoms with Crippen molar-refractivity contribution in [1.29, 1.82) is 0 Å². The highest BCUT2D eigenvalue weighted by Crippen LogP contribution is 2.28. The van der Waals surface area contributed by atoms with Gasteiger partial charge in [-0.25, -0.2) is 9.97 Å². The zero-order valence-electron chi connectivity index (χ0n) is 16.7. The molecule has 3 heterocycles. The second kappa shape index (κ2) is 7.60. The van der Waals surface area contributed by atoms with Crippen LogP contribution in [0.25, 0.3) is 28.1 Å². The molecule has 1 aliphatic rings. The van der Waals surface area contributed by atoms with E-state index in [4.69, 9.17) is 9.72 Å². The number of nitrogens with one attached hydrogen (secondary N) is 1. The minimum Gasteiger partial charge on any atom is -0.375 e. The van der Waals surface area contributed by atoms with Gasteiger partial charge in [0.25, 0.3) is 0 Å². The quantitative estimate of drug-likeness (QED) is 0.688. The Morgan fingerprint density at radius 3 is 2.69 bits per heavy atom. The van der Waals surface area contributed by atoms with Gasteiger partial charge in [0.15, 0.2) is 5.65 Å². The fraction of sp³-hybridized carbons (Fsp3) is 0.273. The molecule has 0 fully saturated rings. The molecule has 0 radical (unpaired) electrons. The molecule has 1 amide bonds. The lowest BCUT2D eigenvalue weighted by atomic mass is 10.2. The Kier molecular flexibility index (Phi) is 4.98. The molecule has 1 aliphatic carbocycles. The van der Waals surface area contributed by atoms with Gasteiger partial charge < -0.3 is 4.74 Å². The number of aromatic nitrogens is 4. The molecule has 3 aromatic heterocycles. The van der Waals surface area contributed by atoms with E-state index in [0.717, 1.165) is 17.0 Å². The van der Waals surface area contributed by atoms with Crippen LogP contribution >= 0.6 is 0 Å². The van der Waals surface area contributed by atoms with Crippen molar-refractivity contribution in [3.05, 3.63) is 54.9 Å². The summed E-state index contributed by atoms with van der Waals surface area (Å²) < 4.78 is 7.50. The van der Waals surface area contributed by atoms with Crippen molar-refractivity contribution in [3.8, 4) is 11.3 Å². The molecule has 0 saturated carbocycles. The van der Waals surface area contributed by atoms with Crippen molar-refractivity contribution in [2.75, 3.05) is 11.9 Å². The monoisotopic (exact) mass is 389 g/mol. The van der Waals surface area contributed by atoms with Gasteiger partial charge in [-0.05, 0) is 57.2 Å². The van der Waals surface area contributed by atoms with E-state index in [-0.39, 0.29) is 17.9 Å². The number of carbonyl (C=O) groups is 1. The molecule has 4 rings (SSSR count). The Bertz CT molecular complexity index is 1110. The number of rotatable bonds is 6. The zero-order chi connectivity index (χ0) is 20.4. The SMILES string of the molecule is CC(C)(C)OCCC(=O)Nc1nc2ccc(-c3cccnc3)nc2n1C1=CC=C1. The summed E-state index contributed by atoms with van der Waals surface area (Å²) in [5.74, 6) is 0.300. The summed E-state index contributed by atoms with van der Waals surface area (Å²) in [6.45, 7) is 6.24. The molecule has 148 valence electrons. The van der Waals surface area contributed by atoms with Gasteiger partial charge in [-0.1, -0.05) is 6.08 Å². The predicted octanol–water partition coefficient (Wildman–Crippen LogP) is 4.05.